The van der Waals surface area contributed by atoms with Gasteiger partial charge in [0, 0.05) is 19.3 Å². The van der Waals surface area contributed by atoms with Gasteiger partial charge in [0.05, 0.1) is 19.1 Å². The molecule has 1 aliphatic heterocycles. The van der Waals surface area contributed by atoms with Gasteiger partial charge in [-0.1, -0.05) is 6.42 Å². The van der Waals surface area contributed by atoms with Crippen LogP contribution < -0.4 is 4.90 Å². The molecule has 3 heteroatoms. The number of nitrogens with one attached hydrogen (secondary N) is 1. The van der Waals surface area contributed by atoms with Crippen LogP contribution >= 0.6 is 0 Å². The molecule has 19 heavy (non-hydrogen) atoms. The molecule has 4 unspecified atom stereocenters. The lowest BCUT2D eigenvalue weighted by Crippen LogP contribution is -3.17. The van der Waals surface area contributed by atoms with Gasteiger partial charge in [0.1, 0.15) is 6.10 Å². The van der Waals surface area contributed by atoms with Crippen molar-refractivity contribution < 1.29 is 14.4 Å². The van der Waals surface area contributed by atoms with E-state index in [1.54, 1.807) is 6.92 Å². The van der Waals surface area contributed by atoms with Crippen molar-refractivity contribution in [2.24, 2.45) is 11.8 Å². The molecular formula is C16H28NO2+. The Morgan fingerprint density at radius 2 is 1.79 bits per heavy atom. The van der Waals surface area contributed by atoms with Crippen LogP contribution in [0, 0.1) is 11.8 Å². The summed E-state index contributed by atoms with van der Waals surface area (Å²) in [6.07, 6.45) is 11.0. The molecule has 3 fully saturated rings. The van der Waals surface area contributed by atoms with E-state index in [1.807, 2.05) is 4.90 Å². The number of quaternary nitrogens is 1. The highest BCUT2D eigenvalue weighted by Crippen LogP contribution is 2.41. The molecule has 4 atom stereocenters. The normalized spacial score (nSPS) is 39.8. The lowest BCUT2D eigenvalue weighted by molar-refractivity contribution is -0.936. The number of esters is 1. The highest BCUT2D eigenvalue weighted by Gasteiger charge is 2.47. The van der Waals surface area contributed by atoms with Gasteiger partial charge in [-0.05, 0) is 44.4 Å². The minimum Gasteiger partial charge on any atom is -0.462 e. The molecule has 2 aliphatic carbocycles. The number of ether oxygens (including phenoxy) is 1. The third-order valence-electron chi connectivity index (χ3n) is 5.69. The van der Waals surface area contributed by atoms with Crippen LogP contribution in [0.2, 0.25) is 0 Å². The Bertz CT molecular complexity index is 325. The van der Waals surface area contributed by atoms with Gasteiger partial charge in [-0.15, -0.1) is 0 Å². The van der Waals surface area contributed by atoms with Crippen LogP contribution in [0.25, 0.3) is 0 Å². The molecule has 2 saturated carbocycles. The second-order valence-corrected chi connectivity index (χ2v) is 6.83. The number of carbonyl (C=O) groups excluding carboxylic acids is 1. The topological polar surface area (TPSA) is 30.7 Å². The second-order valence-electron chi connectivity index (χ2n) is 6.83. The number of rotatable bonds is 2. The Kier molecular flexibility index (Phi) is 4.11. The van der Waals surface area contributed by atoms with E-state index in [1.165, 1.54) is 64.5 Å². The van der Waals surface area contributed by atoms with Crippen molar-refractivity contribution in [1.82, 2.24) is 0 Å². The smallest absolute Gasteiger partial charge is 0.302 e. The summed E-state index contributed by atoms with van der Waals surface area (Å²) in [6, 6.07) is 0.765. The zero-order valence-corrected chi connectivity index (χ0v) is 12.2. The van der Waals surface area contributed by atoms with E-state index in [4.69, 9.17) is 4.74 Å². The first-order chi connectivity index (χ1) is 9.25. The SMILES string of the molecule is CC(=O)OC1C2CCCC1C([NH+]1CCCCC1)CC2. The van der Waals surface area contributed by atoms with E-state index < -0.39 is 0 Å². The number of carbonyl (C=O) groups is 1. The average molecular weight is 266 g/mol. The Morgan fingerprint density at radius 3 is 2.53 bits per heavy atom. The van der Waals surface area contributed by atoms with E-state index in [-0.39, 0.29) is 12.1 Å². The molecule has 0 aromatic heterocycles. The van der Waals surface area contributed by atoms with E-state index >= 15 is 0 Å². The minimum atomic E-state index is -0.0730. The molecule has 0 aromatic carbocycles. The molecular weight excluding hydrogens is 238 g/mol. The number of hydrogen-bond acceptors (Lipinski definition) is 2. The molecule has 0 amide bonds. The molecule has 3 rings (SSSR count). The molecule has 108 valence electrons. The predicted octanol–water partition coefficient (Wildman–Crippen LogP) is 1.57. The quantitative estimate of drug-likeness (QED) is 0.769. The maximum Gasteiger partial charge on any atom is 0.302 e. The van der Waals surface area contributed by atoms with Gasteiger partial charge < -0.3 is 9.64 Å². The summed E-state index contributed by atoms with van der Waals surface area (Å²) in [5, 5.41) is 0. The third-order valence-corrected chi connectivity index (χ3v) is 5.69. The van der Waals surface area contributed by atoms with Gasteiger partial charge in [-0.3, -0.25) is 4.79 Å². The van der Waals surface area contributed by atoms with Crippen molar-refractivity contribution in [1.29, 1.82) is 0 Å². The first kappa shape index (κ1) is 13.4. The van der Waals surface area contributed by atoms with Gasteiger partial charge in [-0.2, -0.15) is 0 Å². The number of likely N-dealkylation sites (tertiary alicyclic amines) is 1. The van der Waals surface area contributed by atoms with Crippen molar-refractivity contribution in [2.45, 2.75) is 70.4 Å². The molecule has 1 heterocycles. The summed E-state index contributed by atoms with van der Waals surface area (Å²) in [5.74, 6) is 1.23. The van der Waals surface area contributed by atoms with Gasteiger partial charge in [-0.25, -0.2) is 0 Å². The summed E-state index contributed by atoms with van der Waals surface area (Å²) >= 11 is 0. The van der Waals surface area contributed by atoms with Crippen LogP contribution in [0.15, 0.2) is 0 Å². The molecule has 3 aliphatic rings. The van der Waals surface area contributed by atoms with Crippen molar-refractivity contribution in [3.63, 3.8) is 0 Å². The van der Waals surface area contributed by atoms with Gasteiger partial charge in [0.15, 0.2) is 0 Å². The summed E-state index contributed by atoms with van der Waals surface area (Å²) in [6.45, 7) is 4.27. The van der Waals surface area contributed by atoms with Crippen LogP contribution in [0.5, 0.6) is 0 Å². The molecule has 1 saturated heterocycles. The van der Waals surface area contributed by atoms with Crippen molar-refractivity contribution in [2.75, 3.05) is 13.1 Å². The lowest BCUT2D eigenvalue weighted by Gasteiger charge is -2.48. The number of hydrogen-bond donors (Lipinski definition) is 1. The highest BCUT2D eigenvalue weighted by molar-refractivity contribution is 5.66. The number of piperidine rings is 1. The van der Waals surface area contributed by atoms with Gasteiger partial charge >= 0.3 is 5.97 Å². The Balaban J connectivity index is 1.72. The van der Waals surface area contributed by atoms with E-state index in [2.05, 4.69) is 0 Å². The summed E-state index contributed by atoms with van der Waals surface area (Å²) < 4.78 is 5.73. The van der Waals surface area contributed by atoms with Crippen molar-refractivity contribution >= 4 is 5.97 Å². The van der Waals surface area contributed by atoms with Crippen LogP contribution in [0.1, 0.15) is 58.3 Å². The Labute approximate surface area is 116 Å². The largest absolute Gasteiger partial charge is 0.462 e. The Morgan fingerprint density at radius 1 is 1.00 bits per heavy atom. The lowest BCUT2D eigenvalue weighted by atomic mass is 9.67. The predicted molar refractivity (Wildman–Crippen MR) is 74.0 cm³/mol. The van der Waals surface area contributed by atoms with Crippen LogP contribution in [0.3, 0.4) is 0 Å². The second kappa shape index (κ2) is 5.82. The maximum atomic E-state index is 11.4. The molecule has 1 N–H and O–H groups in total. The first-order valence-electron chi connectivity index (χ1n) is 8.27. The summed E-state index contributed by atoms with van der Waals surface area (Å²) in [5.41, 5.74) is 0. The van der Waals surface area contributed by atoms with Crippen LogP contribution in [-0.2, 0) is 9.53 Å². The van der Waals surface area contributed by atoms with E-state index in [9.17, 15) is 4.79 Å². The minimum absolute atomic E-state index is 0.0730. The van der Waals surface area contributed by atoms with Gasteiger partial charge in [0.25, 0.3) is 0 Å². The van der Waals surface area contributed by atoms with Gasteiger partial charge in [0.2, 0.25) is 0 Å². The first-order valence-corrected chi connectivity index (χ1v) is 8.27. The zero-order valence-electron chi connectivity index (χ0n) is 12.2. The van der Waals surface area contributed by atoms with Crippen molar-refractivity contribution in [3.8, 4) is 0 Å². The maximum absolute atomic E-state index is 11.4. The average Bonchev–Trinajstić information content (AvgIpc) is 2.39. The van der Waals surface area contributed by atoms with E-state index in [0.717, 1.165) is 6.04 Å². The summed E-state index contributed by atoms with van der Waals surface area (Å²) in [7, 11) is 0. The third kappa shape index (κ3) is 2.81. The molecule has 0 radical (unpaired) electrons. The highest BCUT2D eigenvalue weighted by atomic mass is 16.5. The van der Waals surface area contributed by atoms with Crippen LogP contribution in [-0.4, -0.2) is 31.2 Å². The molecule has 0 aromatic rings. The van der Waals surface area contributed by atoms with E-state index in [0.29, 0.717) is 11.8 Å². The van der Waals surface area contributed by atoms with Crippen molar-refractivity contribution in [3.05, 3.63) is 0 Å². The molecule has 2 bridgehead atoms. The Hall–Kier alpha value is -0.570. The number of fused-ring (bicyclic) bond motifs is 2. The fourth-order valence-corrected chi connectivity index (χ4v) is 4.90. The standard InChI is InChI=1S/C16H27NO2/c1-12(18)19-16-13-6-5-7-14(16)15(9-8-13)17-10-3-2-4-11-17/h13-16H,2-11H2,1H3/p+1. The fraction of sp³-hybridized carbons (Fsp3) is 0.938. The fourth-order valence-electron chi connectivity index (χ4n) is 4.90. The van der Waals surface area contributed by atoms with Crippen LogP contribution in [0.4, 0.5) is 0 Å². The zero-order chi connectivity index (χ0) is 13.2. The molecule has 3 nitrogen and oxygen atoms in total. The monoisotopic (exact) mass is 266 g/mol. The summed E-state index contributed by atoms with van der Waals surface area (Å²) in [4.78, 5) is 13.2. The molecule has 0 spiro atoms.